The Labute approximate surface area is 159 Å². The molecule has 0 spiro atoms. The second-order valence-electron chi connectivity index (χ2n) is 6.84. The summed E-state index contributed by atoms with van der Waals surface area (Å²) >= 11 is 6.61. The molecular weight excluding hydrogens is 344 g/mol. The van der Waals surface area contributed by atoms with Crippen LogP contribution in [0.15, 0.2) is 54.6 Å². The number of fused-ring (bicyclic) bond motifs is 2. The Morgan fingerprint density at radius 3 is 2.31 bits per heavy atom. The van der Waals surface area contributed by atoms with E-state index in [0.717, 1.165) is 50.2 Å². The summed E-state index contributed by atoms with van der Waals surface area (Å²) in [6.07, 6.45) is 0. The van der Waals surface area contributed by atoms with Crippen LogP contribution in [0.5, 0.6) is 11.5 Å². The van der Waals surface area contributed by atoms with Crippen LogP contribution in [-0.2, 0) is 0 Å². The summed E-state index contributed by atoms with van der Waals surface area (Å²) in [6.45, 7) is 2.05. The predicted molar refractivity (Wildman–Crippen MR) is 109 cm³/mol. The maximum atomic E-state index is 6.61. The van der Waals surface area contributed by atoms with E-state index in [2.05, 4.69) is 24.0 Å². The van der Waals surface area contributed by atoms with Crippen molar-refractivity contribution in [3.63, 3.8) is 0 Å². The average molecular weight is 365 g/mol. The zero-order valence-corrected chi connectivity index (χ0v) is 15.8. The van der Waals surface area contributed by atoms with E-state index in [-0.39, 0.29) is 5.92 Å². The quantitative estimate of drug-likeness (QED) is 0.472. The minimum atomic E-state index is -0.0136. The number of nitrogen functional groups attached to an aromatic ring is 1. The first-order valence-electron chi connectivity index (χ1n) is 8.60. The third-order valence-electron chi connectivity index (χ3n) is 5.00. The summed E-state index contributed by atoms with van der Waals surface area (Å²) in [5, 5.41) is 0.749. The molecule has 0 aliphatic carbocycles. The van der Waals surface area contributed by atoms with Gasteiger partial charge in [-0.15, -0.1) is 0 Å². The number of anilines is 2. The highest BCUT2D eigenvalue weighted by Gasteiger charge is 2.34. The highest BCUT2D eigenvalue weighted by Crippen LogP contribution is 2.53. The molecule has 1 atom stereocenters. The number of para-hydroxylation sites is 1. The Bertz CT molecular complexity index is 986. The third-order valence-corrected chi connectivity index (χ3v) is 5.34. The molecule has 0 bridgehead atoms. The van der Waals surface area contributed by atoms with Gasteiger partial charge in [0, 0.05) is 53.6 Å². The molecule has 4 heteroatoms. The number of ether oxygens (including phenoxy) is 1. The van der Waals surface area contributed by atoms with Gasteiger partial charge in [-0.2, -0.15) is 0 Å². The molecule has 132 valence electrons. The van der Waals surface area contributed by atoms with Gasteiger partial charge in [-0.1, -0.05) is 48.0 Å². The van der Waals surface area contributed by atoms with Crippen LogP contribution in [0, 0.1) is 6.92 Å². The van der Waals surface area contributed by atoms with Crippen LogP contribution >= 0.6 is 11.6 Å². The van der Waals surface area contributed by atoms with Gasteiger partial charge in [0.05, 0.1) is 0 Å². The molecule has 4 rings (SSSR count). The lowest BCUT2D eigenvalue weighted by Gasteiger charge is -2.34. The van der Waals surface area contributed by atoms with E-state index >= 15 is 0 Å². The molecule has 0 saturated carbocycles. The predicted octanol–water partition coefficient (Wildman–Crippen LogP) is 5.58. The fourth-order valence-electron chi connectivity index (χ4n) is 3.84. The highest BCUT2D eigenvalue weighted by molar-refractivity contribution is 6.31. The van der Waals surface area contributed by atoms with Crippen molar-refractivity contribution in [2.45, 2.75) is 12.8 Å². The number of rotatable bonds is 2. The molecule has 1 heterocycles. The van der Waals surface area contributed by atoms with Gasteiger partial charge < -0.3 is 15.4 Å². The molecule has 0 aromatic heterocycles. The van der Waals surface area contributed by atoms with Crippen molar-refractivity contribution in [1.82, 2.24) is 0 Å². The standard InChI is InChI=1S/C22H21ClN2O/c1-13-17(24)12-19-21(22(13)25(2)3)20(14-8-4-6-10-16(14)23)15-9-5-7-11-18(15)26-19/h4-12,20H,24H2,1-3H3. The Hall–Kier alpha value is -2.65. The van der Waals surface area contributed by atoms with E-state index in [4.69, 9.17) is 22.1 Å². The van der Waals surface area contributed by atoms with E-state index in [1.165, 1.54) is 0 Å². The maximum Gasteiger partial charge on any atom is 0.135 e. The zero-order chi connectivity index (χ0) is 18.4. The monoisotopic (exact) mass is 364 g/mol. The highest BCUT2D eigenvalue weighted by atomic mass is 35.5. The van der Waals surface area contributed by atoms with Crippen LogP contribution < -0.4 is 15.4 Å². The molecule has 3 aromatic rings. The summed E-state index contributed by atoms with van der Waals surface area (Å²) in [4.78, 5) is 2.10. The molecule has 0 fully saturated rings. The van der Waals surface area contributed by atoms with Crippen molar-refractivity contribution in [2.24, 2.45) is 0 Å². The van der Waals surface area contributed by atoms with Crippen LogP contribution in [-0.4, -0.2) is 14.1 Å². The van der Waals surface area contributed by atoms with Gasteiger partial charge in [-0.05, 0) is 30.2 Å². The van der Waals surface area contributed by atoms with Gasteiger partial charge in [0.25, 0.3) is 0 Å². The topological polar surface area (TPSA) is 38.5 Å². The maximum absolute atomic E-state index is 6.61. The molecule has 2 N–H and O–H groups in total. The van der Waals surface area contributed by atoms with Crippen molar-refractivity contribution < 1.29 is 4.74 Å². The molecule has 0 radical (unpaired) electrons. The van der Waals surface area contributed by atoms with Gasteiger partial charge in [0.2, 0.25) is 0 Å². The average Bonchev–Trinajstić information content (AvgIpc) is 2.61. The fraction of sp³-hybridized carbons (Fsp3) is 0.182. The number of benzene rings is 3. The molecule has 3 aromatic carbocycles. The molecule has 0 saturated heterocycles. The summed E-state index contributed by atoms with van der Waals surface area (Å²) in [6, 6.07) is 18.1. The zero-order valence-electron chi connectivity index (χ0n) is 15.1. The van der Waals surface area contributed by atoms with Gasteiger partial charge in [-0.3, -0.25) is 0 Å². The minimum absolute atomic E-state index is 0.0136. The second kappa shape index (κ2) is 6.26. The van der Waals surface area contributed by atoms with Gasteiger partial charge in [0.1, 0.15) is 11.5 Å². The molecule has 1 aliphatic heterocycles. The lowest BCUT2D eigenvalue weighted by atomic mass is 9.80. The van der Waals surface area contributed by atoms with E-state index in [9.17, 15) is 0 Å². The molecular formula is C22H21ClN2O. The summed E-state index contributed by atoms with van der Waals surface area (Å²) < 4.78 is 6.25. The smallest absolute Gasteiger partial charge is 0.135 e. The molecule has 0 amide bonds. The van der Waals surface area contributed by atoms with Crippen LogP contribution in [0.4, 0.5) is 11.4 Å². The summed E-state index contributed by atoms with van der Waals surface area (Å²) in [5.74, 6) is 1.62. The van der Waals surface area contributed by atoms with Crippen molar-refractivity contribution in [2.75, 3.05) is 24.7 Å². The largest absolute Gasteiger partial charge is 0.457 e. The SMILES string of the molecule is Cc1c(N)cc2c(c1N(C)C)C(c1ccccc1Cl)c1ccccc1O2. The van der Waals surface area contributed by atoms with Gasteiger partial charge in [0.15, 0.2) is 0 Å². The van der Waals surface area contributed by atoms with Crippen LogP contribution in [0.1, 0.15) is 28.2 Å². The van der Waals surface area contributed by atoms with Gasteiger partial charge >= 0.3 is 0 Å². The van der Waals surface area contributed by atoms with Crippen molar-refractivity contribution >= 4 is 23.0 Å². The van der Waals surface area contributed by atoms with Crippen LogP contribution in [0.25, 0.3) is 0 Å². The molecule has 1 unspecified atom stereocenters. The Morgan fingerprint density at radius 2 is 1.62 bits per heavy atom. The second-order valence-corrected chi connectivity index (χ2v) is 7.25. The van der Waals surface area contributed by atoms with Crippen molar-refractivity contribution in [1.29, 1.82) is 0 Å². The van der Waals surface area contributed by atoms with Crippen molar-refractivity contribution in [3.8, 4) is 11.5 Å². The Morgan fingerprint density at radius 1 is 0.962 bits per heavy atom. The Kier molecular flexibility index (Phi) is 4.04. The van der Waals surface area contributed by atoms with Crippen molar-refractivity contribution in [3.05, 3.63) is 81.9 Å². The minimum Gasteiger partial charge on any atom is -0.457 e. The fourth-order valence-corrected chi connectivity index (χ4v) is 4.09. The number of nitrogens with two attached hydrogens (primary N) is 1. The third kappa shape index (κ3) is 2.51. The lowest BCUT2D eigenvalue weighted by Crippen LogP contribution is -2.20. The normalized spacial score (nSPS) is 15.0. The van der Waals surface area contributed by atoms with Gasteiger partial charge in [-0.25, -0.2) is 0 Å². The number of halogens is 1. The lowest BCUT2D eigenvalue weighted by molar-refractivity contribution is 0.453. The summed E-state index contributed by atoms with van der Waals surface area (Å²) in [7, 11) is 4.07. The van der Waals surface area contributed by atoms with E-state index in [1.54, 1.807) is 0 Å². The molecule has 3 nitrogen and oxygen atoms in total. The molecule has 26 heavy (non-hydrogen) atoms. The first-order valence-corrected chi connectivity index (χ1v) is 8.98. The number of nitrogens with zero attached hydrogens (tertiary/aromatic N) is 1. The number of hydrogen-bond donors (Lipinski definition) is 1. The Balaban J connectivity index is 2.09. The summed E-state index contributed by atoms with van der Waals surface area (Å²) in [5.41, 5.74) is 12.4. The van der Waals surface area contributed by atoms with Crippen LogP contribution in [0.3, 0.4) is 0 Å². The van der Waals surface area contributed by atoms with Crippen LogP contribution in [0.2, 0.25) is 5.02 Å². The van der Waals surface area contributed by atoms with E-state index in [1.807, 2.05) is 56.6 Å². The number of hydrogen-bond acceptors (Lipinski definition) is 3. The molecule has 1 aliphatic rings. The first kappa shape index (κ1) is 16.8. The first-order chi connectivity index (χ1) is 12.5. The van der Waals surface area contributed by atoms with E-state index in [0.29, 0.717) is 0 Å². The van der Waals surface area contributed by atoms with E-state index < -0.39 is 0 Å².